The van der Waals surface area contributed by atoms with Gasteiger partial charge in [-0.2, -0.15) is 0 Å². The molecule has 8 heteroatoms. The van der Waals surface area contributed by atoms with Crippen LogP contribution in [0, 0.1) is 0 Å². The maximum Gasteiger partial charge on any atom is 0.244 e. The van der Waals surface area contributed by atoms with Gasteiger partial charge in [-0.05, 0) is 34.8 Å². The summed E-state index contributed by atoms with van der Waals surface area (Å²) >= 11 is 3.24. The second-order valence-electron chi connectivity index (χ2n) is 4.26. The van der Waals surface area contributed by atoms with Gasteiger partial charge in [0.05, 0.1) is 0 Å². The molecule has 2 rings (SSSR count). The zero-order chi connectivity index (χ0) is 13.9. The molecule has 0 atom stereocenters. The van der Waals surface area contributed by atoms with Gasteiger partial charge in [-0.25, -0.2) is 18.1 Å². The first kappa shape index (κ1) is 14.7. The minimum Gasteiger partial charge on any atom is -0.381 e. The van der Waals surface area contributed by atoms with Gasteiger partial charge in [0.15, 0.2) is 0 Å². The summed E-state index contributed by atoms with van der Waals surface area (Å²) in [6.45, 7) is 1.17. The minimum absolute atomic E-state index is 0.0811. The Balaban J connectivity index is 2.25. The van der Waals surface area contributed by atoms with Crippen LogP contribution in [0.5, 0.6) is 0 Å². The number of anilines is 1. The van der Waals surface area contributed by atoms with Crippen LogP contribution in [-0.4, -0.2) is 39.7 Å². The fourth-order valence-corrected chi connectivity index (χ4v) is 3.89. The Bertz CT molecular complexity index is 544. The molecule has 106 valence electrons. The van der Waals surface area contributed by atoms with Crippen molar-refractivity contribution < 1.29 is 13.2 Å². The van der Waals surface area contributed by atoms with Crippen LogP contribution in [-0.2, 0) is 14.8 Å². The van der Waals surface area contributed by atoms with E-state index in [1.807, 2.05) is 0 Å². The summed E-state index contributed by atoms with van der Waals surface area (Å²) in [6, 6.07) is 1.46. The van der Waals surface area contributed by atoms with Gasteiger partial charge in [0.1, 0.15) is 10.7 Å². The molecule has 0 amide bonds. The van der Waals surface area contributed by atoms with Gasteiger partial charge in [0.25, 0.3) is 0 Å². The molecule has 1 fully saturated rings. The van der Waals surface area contributed by atoms with Crippen molar-refractivity contribution in [3.63, 3.8) is 0 Å². The van der Waals surface area contributed by atoms with Crippen LogP contribution in [0.4, 0.5) is 5.82 Å². The lowest BCUT2D eigenvalue weighted by atomic mass is 10.1. The van der Waals surface area contributed by atoms with Crippen LogP contribution in [0.15, 0.2) is 21.6 Å². The van der Waals surface area contributed by atoms with Crippen molar-refractivity contribution in [1.82, 2.24) is 9.71 Å². The number of rotatable bonds is 4. The Morgan fingerprint density at radius 1 is 1.42 bits per heavy atom. The van der Waals surface area contributed by atoms with Gasteiger partial charge in [-0.1, -0.05) is 0 Å². The Labute approximate surface area is 121 Å². The molecule has 0 radical (unpaired) electrons. The van der Waals surface area contributed by atoms with E-state index in [2.05, 4.69) is 31.0 Å². The summed E-state index contributed by atoms with van der Waals surface area (Å²) < 4.78 is 33.3. The molecule has 6 nitrogen and oxygen atoms in total. The van der Waals surface area contributed by atoms with Gasteiger partial charge in [0.2, 0.25) is 10.0 Å². The highest BCUT2D eigenvalue weighted by Gasteiger charge is 2.25. The predicted molar refractivity (Wildman–Crippen MR) is 75.6 cm³/mol. The van der Waals surface area contributed by atoms with Crippen molar-refractivity contribution in [2.75, 3.05) is 25.6 Å². The summed E-state index contributed by atoms with van der Waals surface area (Å²) in [5.41, 5.74) is 0. The first-order valence-electron chi connectivity index (χ1n) is 5.96. The molecule has 0 saturated carbocycles. The fraction of sp³-hybridized carbons (Fsp3) is 0.545. The van der Waals surface area contributed by atoms with Gasteiger partial charge in [-0.15, -0.1) is 0 Å². The van der Waals surface area contributed by atoms with Gasteiger partial charge < -0.3 is 10.1 Å². The van der Waals surface area contributed by atoms with E-state index in [-0.39, 0.29) is 10.9 Å². The number of aromatic nitrogens is 1. The summed E-state index contributed by atoms with van der Waals surface area (Å²) in [6.07, 6.45) is 2.93. The molecule has 0 spiro atoms. The molecule has 1 aromatic rings. The average Bonchev–Trinajstić information content (AvgIpc) is 2.39. The molecular formula is C11H16BrN3O3S. The number of hydrogen-bond donors (Lipinski definition) is 2. The summed E-state index contributed by atoms with van der Waals surface area (Å²) in [7, 11) is -1.94. The largest absolute Gasteiger partial charge is 0.381 e. The van der Waals surface area contributed by atoms with Crippen LogP contribution in [0.25, 0.3) is 0 Å². The van der Waals surface area contributed by atoms with E-state index < -0.39 is 10.0 Å². The van der Waals surface area contributed by atoms with Gasteiger partial charge in [0, 0.05) is 37.0 Å². The molecule has 1 aromatic heterocycles. The molecule has 1 aliphatic heterocycles. The molecule has 0 aromatic carbocycles. The van der Waals surface area contributed by atoms with Crippen LogP contribution in [0.2, 0.25) is 0 Å². The number of hydrogen-bond acceptors (Lipinski definition) is 5. The normalized spacial score (nSPS) is 17.4. The first-order chi connectivity index (χ1) is 9.03. The Hall–Kier alpha value is -0.700. The number of halogens is 1. The van der Waals surface area contributed by atoms with E-state index in [4.69, 9.17) is 4.74 Å². The Morgan fingerprint density at radius 2 is 2.11 bits per heavy atom. The quantitative estimate of drug-likeness (QED) is 0.857. The van der Waals surface area contributed by atoms with Crippen molar-refractivity contribution in [2.24, 2.45) is 0 Å². The zero-order valence-electron chi connectivity index (χ0n) is 10.5. The Kier molecular flexibility index (Phi) is 4.77. The lowest BCUT2D eigenvalue weighted by Gasteiger charge is -2.23. The summed E-state index contributed by atoms with van der Waals surface area (Å²) in [5, 5.41) is 2.79. The highest BCUT2D eigenvalue weighted by molar-refractivity contribution is 9.10. The van der Waals surface area contributed by atoms with E-state index in [1.165, 1.54) is 0 Å². The highest BCUT2D eigenvalue weighted by Crippen LogP contribution is 2.23. The molecule has 2 N–H and O–H groups in total. The smallest absolute Gasteiger partial charge is 0.244 e. The summed E-state index contributed by atoms with van der Waals surface area (Å²) in [5.74, 6) is 0.336. The van der Waals surface area contributed by atoms with Crippen molar-refractivity contribution in [3.05, 3.63) is 16.7 Å². The van der Waals surface area contributed by atoms with Crippen LogP contribution in [0.1, 0.15) is 12.8 Å². The molecule has 0 aliphatic carbocycles. The first-order valence-corrected chi connectivity index (χ1v) is 8.24. The molecule has 19 heavy (non-hydrogen) atoms. The molecule has 1 aliphatic rings. The monoisotopic (exact) mass is 349 g/mol. The fourth-order valence-electron chi connectivity index (χ4n) is 1.91. The molecule has 2 heterocycles. The predicted octanol–water partition coefficient (Wildman–Crippen LogP) is 1.34. The second-order valence-corrected chi connectivity index (χ2v) is 6.86. The third-order valence-corrected chi connectivity index (χ3v) is 4.86. The third kappa shape index (κ3) is 3.65. The van der Waals surface area contributed by atoms with Crippen LogP contribution >= 0.6 is 15.9 Å². The molecule has 1 saturated heterocycles. The van der Waals surface area contributed by atoms with E-state index >= 15 is 0 Å². The van der Waals surface area contributed by atoms with Gasteiger partial charge in [-0.3, -0.25) is 0 Å². The van der Waals surface area contributed by atoms with Crippen LogP contribution < -0.4 is 10.0 Å². The van der Waals surface area contributed by atoms with Crippen molar-refractivity contribution in [2.45, 2.75) is 23.8 Å². The van der Waals surface area contributed by atoms with E-state index in [9.17, 15) is 8.42 Å². The third-order valence-electron chi connectivity index (χ3n) is 2.89. The number of pyridine rings is 1. The van der Waals surface area contributed by atoms with Crippen molar-refractivity contribution in [1.29, 1.82) is 0 Å². The minimum atomic E-state index is -3.59. The van der Waals surface area contributed by atoms with E-state index in [1.54, 1.807) is 19.3 Å². The average molecular weight is 350 g/mol. The van der Waals surface area contributed by atoms with E-state index in [0.29, 0.717) is 36.3 Å². The zero-order valence-corrected chi connectivity index (χ0v) is 12.9. The summed E-state index contributed by atoms with van der Waals surface area (Å²) in [4.78, 5) is 4.20. The van der Waals surface area contributed by atoms with Gasteiger partial charge >= 0.3 is 0 Å². The molecule has 0 bridgehead atoms. The lowest BCUT2D eigenvalue weighted by Crippen LogP contribution is -2.39. The van der Waals surface area contributed by atoms with E-state index in [0.717, 1.165) is 0 Å². The Morgan fingerprint density at radius 3 is 2.74 bits per heavy atom. The maximum atomic E-state index is 12.4. The number of ether oxygens (including phenoxy) is 1. The maximum absolute atomic E-state index is 12.4. The standard InChI is InChI=1S/C11H16BrN3O3S/c1-13-11-10(6-8(12)7-14-11)19(16,17)15-9-2-4-18-5-3-9/h6-7,9,15H,2-5H2,1H3,(H,13,14). The SMILES string of the molecule is CNc1ncc(Br)cc1S(=O)(=O)NC1CCOCC1. The number of nitrogens with one attached hydrogen (secondary N) is 2. The number of nitrogens with zero attached hydrogens (tertiary/aromatic N) is 1. The second kappa shape index (κ2) is 6.17. The van der Waals surface area contributed by atoms with Crippen LogP contribution in [0.3, 0.4) is 0 Å². The highest BCUT2D eigenvalue weighted by atomic mass is 79.9. The topological polar surface area (TPSA) is 80.3 Å². The van der Waals surface area contributed by atoms with Crippen molar-refractivity contribution in [3.8, 4) is 0 Å². The lowest BCUT2D eigenvalue weighted by molar-refractivity contribution is 0.0832. The molecular weight excluding hydrogens is 334 g/mol. The number of sulfonamides is 1. The molecule has 0 unspecified atom stereocenters. The van der Waals surface area contributed by atoms with Crippen molar-refractivity contribution >= 4 is 31.8 Å².